The molecule has 216 valence electrons. The number of aromatic amines is 2. The van der Waals surface area contributed by atoms with Gasteiger partial charge in [-0.3, -0.25) is 19.4 Å². The Hall–Kier alpha value is -4.02. The summed E-state index contributed by atoms with van der Waals surface area (Å²) in [6.07, 6.45) is 9.80. The van der Waals surface area contributed by atoms with E-state index in [0.717, 1.165) is 38.5 Å². The van der Waals surface area contributed by atoms with Crippen LogP contribution in [-0.4, -0.2) is 53.2 Å². The highest BCUT2D eigenvalue weighted by Gasteiger charge is 2.36. The van der Waals surface area contributed by atoms with Crippen molar-refractivity contribution >= 4 is 22.8 Å². The number of rotatable bonds is 7. The van der Waals surface area contributed by atoms with Crippen molar-refractivity contribution in [2.24, 2.45) is 17.6 Å². The number of imidazole rings is 1. The molecule has 0 spiro atoms. The molecule has 2 aliphatic rings. The number of benzene rings is 1. The van der Waals surface area contributed by atoms with Gasteiger partial charge < -0.3 is 15.6 Å². The molecule has 10 nitrogen and oxygen atoms in total. The zero-order valence-electron chi connectivity index (χ0n) is 23.6. The fourth-order valence-electron chi connectivity index (χ4n) is 6.87. The lowest BCUT2D eigenvalue weighted by Crippen LogP contribution is -2.39. The second kappa shape index (κ2) is 11.1. The summed E-state index contributed by atoms with van der Waals surface area (Å²) in [4.78, 5) is 35.8. The topological polar surface area (TPSA) is 139 Å². The van der Waals surface area contributed by atoms with E-state index in [1.165, 1.54) is 0 Å². The molecule has 1 aromatic carbocycles. The smallest absolute Gasteiger partial charge is 0.272 e. The van der Waals surface area contributed by atoms with Gasteiger partial charge in [0.15, 0.2) is 5.82 Å². The van der Waals surface area contributed by atoms with Gasteiger partial charge in [0.05, 0.1) is 17.8 Å². The number of carbonyl (C=O) groups is 2. The minimum atomic E-state index is -0.581. The third-order valence-corrected chi connectivity index (χ3v) is 9.08. The number of nitrogens with zero attached hydrogens (tertiary/aromatic N) is 5. The van der Waals surface area contributed by atoms with Gasteiger partial charge >= 0.3 is 0 Å². The number of nitrogens with one attached hydrogen (secondary N) is 2. The molecule has 2 amide bonds. The lowest BCUT2D eigenvalue weighted by atomic mass is 9.73. The average Bonchev–Trinajstić information content (AvgIpc) is 3.74. The van der Waals surface area contributed by atoms with Crippen molar-refractivity contribution in [1.29, 1.82) is 0 Å². The summed E-state index contributed by atoms with van der Waals surface area (Å²) in [5, 5.41) is 11.1. The van der Waals surface area contributed by atoms with Crippen molar-refractivity contribution < 1.29 is 14.0 Å². The molecular weight excluding hydrogens is 523 g/mol. The summed E-state index contributed by atoms with van der Waals surface area (Å²) in [7, 11) is 0. The third-order valence-electron chi connectivity index (χ3n) is 9.08. The van der Waals surface area contributed by atoms with Gasteiger partial charge in [0, 0.05) is 36.3 Å². The van der Waals surface area contributed by atoms with Crippen LogP contribution in [0.5, 0.6) is 0 Å². The first kappa shape index (κ1) is 27.2. The van der Waals surface area contributed by atoms with E-state index in [-0.39, 0.29) is 29.0 Å². The van der Waals surface area contributed by atoms with Crippen molar-refractivity contribution in [3.8, 4) is 0 Å². The molecule has 3 aromatic heterocycles. The summed E-state index contributed by atoms with van der Waals surface area (Å²) >= 11 is 0. The van der Waals surface area contributed by atoms with E-state index in [1.54, 1.807) is 34.1 Å². The maximum absolute atomic E-state index is 16.4. The van der Waals surface area contributed by atoms with Crippen LogP contribution in [0, 0.1) is 17.7 Å². The largest absolute Gasteiger partial charge is 0.364 e. The molecule has 4 heterocycles. The minimum absolute atomic E-state index is 0.137. The van der Waals surface area contributed by atoms with Crippen LogP contribution in [0.2, 0.25) is 0 Å². The SMILES string of the molecule is CCn1nccc1C(=O)N1CCCCC1c1ccc2[nH]c([C@H](c3cn[nH]c3C(N)=O)C3CCC(C)CC3)nc2c1F. The van der Waals surface area contributed by atoms with Crippen molar-refractivity contribution in [2.45, 2.75) is 77.3 Å². The summed E-state index contributed by atoms with van der Waals surface area (Å²) in [5.74, 6) is 0.0325. The van der Waals surface area contributed by atoms with E-state index in [1.807, 2.05) is 13.0 Å². The van der Waals surface area contributed by atoms with Crippen molar-refractivity contribution in [3.05, 3.63) is 64.7 Å². The van der Waals surface area contributed by atoms with E-state index < -0.39 is 17.8 Å². The van der Waals surface area contributed by atoms with Gasteiger partial charge in [-0.15, -0.1) is 0 Å². The summed E-state index contributed by atoms with van der Waals surface area (Å²) in [5.41, 5.74) is 8.43. The molecule has 0 bridgehead atoms. The molecule has 4 N–H and O–H groups in total. The highest BCUT2D eigenvalue weighted by Crippen LogP contribution is 2.43. The third kappa shape index (κ3) is 4.91. The maximum atomic E-state index is 16.4. The number of aromatic nitrogens is 6. The average molecular weight is 561 g/mol. The van der Waals surface area contributed by atoms with E-state index >= 15 is 4.39 Å². The number of likely N-dealkylation sites (tertiary alicyclic amines) is 1. The van der Waals surface area contributed by atoms with Crippen LogP contribution in [0.4, 0.5) is 4.39 Å². The van der Waals surface area contributed by atoms with Gasteiger partial charge in [0.1, 0.15) is 22.7 Å². The summed E-state index contributed by atoms with van der Waals surface area (Å²) in [6.45, 7) is 5.33. The van der Waals surface area contributed by atoms with E-state index in [9.17, 15) is 9.59 Å². The zero-order chi connectivity index (χ0) is 28.7. The second-order valence-electron chi connectivity index (χ2n) is 11.6. The lowest BCUT2D eigenvalue weighted by Gasteiger charge is -2.36. The van der Waals surface area contributed by atoms with Crippen LogP contribution in [-0.2, 0) is 6.54 Å². The van der Waals surface area contributed by atoms with Crippen LogP contribution >= 0.6 is 0 Å². The number of nitrogens with two attached hydrogens (primary N) is 1. The maximum Gasteiger partial charge on any atom is 0.272 e. The first-order valence-electron chi connectivity index (χ1n) is 14.7. The van der Waals surface area contributed by atoms with Crippen LogP contribution < -0.4 is 5.73 Å². The number of halogens is 1. The first-order chi connectivity index (χ1) is 19.9. The fourth-order valence-corrected chi connectivity index (χ4v) is 6.87. The number of amides is 2. The van der Waals surface area contributed by atoms with Gasteiger partial charge in [-0.25, -0.2) is 9.37 Å². The van der Waals surface area contributed by atoms with Gasteiger partial charge in [-0.2, -0.15) is 10.2 Å². The van der Waals surface area contributed by atoms with Gasteiger partial charge in [0.25, 0.3) is 11.8 Å². The monoisotopic (exact) mass is 560 g/mol. The molecular formula is C30H37FN8O2. The Bertz CT molecular complexity index is 1560. The minimum Gasteiger partial charge on any atom is -0.364 e. The number of aryl methyl sites for hydroxylation is 1. The highest BCUT2D eigenvalue weighted by molar-refractivity contribution is 5.93. The standard InChI is InChI=1S/C30H37FN8O2/c1-3-39-23(13-14-34-39)30(41)38-15-5-4-6-22(38)19-11-12-21-27(25(19)31)36-29(35-21)24(18-9-7-17(2)8-10-18)20-16-33-37-26(20)28(32)40/h11-14,16-18,22,24H,3-10,15H2,1-2H3,(H2,32,40)(H,33,37)(H,35,36)/t17?,18?,22?,24-/m0/s1. The number of H-pyrrole nitrogens is 2. The number of piperidine rings is 1. The van der Waals surface area contributed by atoms with Gasteiger partial charge in [-0.05, 0) is 63.0 Å². The zero-order valence-corrected chi connectivity index (χ0v) is 23.6. The van der Waals surface area contributed by atoms with Crippen molar-refractivity contribution in [1.82, 2.24) is 34.8 Å². The quantitative estimate of drug-likeness (QED) is 0.290. The second-order valence-corrected chi connectivity index (χ2v) is 11.6. The van der Waals surface area contributed by atoms with Crippen molar-refractivity contribution in [2.75, 3.05) is 6.54 Å². The Balaban J connectivity index is 1.39. The van der Waals surface area contributed by atoms with Gasteiger partial charge in [-0.1, -0.05) is 25.8 Å². The molecule has 1 saturated carbocycles. The van der Waals surface area contributed by atoms with Crippen LogP contribution in [0.25, 0.3) is 11.0 Å². The van der Waals surface area contributed by atoms with Gasteiger partial charge in [0.2, 0.25) is 0 Å². The normalized spacial score (nSPS) is 22.2. The molecule has 1 unspecified atom stereocenters. The fraction of sp³-hybridized carbons (Fsp3) is 0.500. The Morgan fingerprint density at radius 3 is 2.71 bits per heavy atom. The predicted molar refractivity (Wildman–Crippen MR) is 152 cm³/mol. The molecule has 1 aliphatic heterocycles. The molecule has 0 radical (unpaired) electrons. The Morgan fingerprint density at radius 1 is 1.15 bits per heavy atom. The van der Waals surface area contributed by atoms with Crippen molar-refractivity contribution in [3.63, 3.8) is 0 Å². The predicted octanol–water partition coefficient (Wildman–Crippen LogP) is 5.07. The number of primary amides is 1. The number of carbonyl (C=O) groups excluding carboxylic acids is 2. The van der Waals surface area contributed by atoms with Crippen LogP contribution in [0.1, 0.15) is 109 Å². The van der Waals surface area contributed by atoms with Crippen LogP contribution in [0.3, 0.4) is 0 Å². The molecule has 11 heteroatoms. The molecule has 6 rings (SSSR count). The summed E-state index contributed by atoms with van der Waals surface area (Å²) in [6, 6.07) is 4.95. The Kier molecular flexibility index (Phi) is 7.35. The number of hydrogen-bond donors (Lipinski definition) is 3. The van der Waals surface area contributed by atoms with E-state index in [4.69, 9.17) is 10.7 Å². The van der Waals surface area contributed by atoms with Crippen LogP contribution in [0.15, 0.2) is 30.6 Å². The van der Waals surface area contributed by atoms with E-state index in [0.29, 0.717) is 53.6 Å². The molecule has 4 aromatic rings. The summed E-state index contributed by atoms with van der Waals surface area (Å²) < 4.78 is 18.0. The molecule has 41 heavy (non-hydrogen) atoms. The molecule has 2 atom stereocenters. The number of hydrogen-bond acceptors (Lipinski definition) is 5. The number of fused-ring (bicyclic) bond motifs is 1. The molecule has 2 fully saturated rings. The Morgan fingerprint density at radius 2 is 1.95 bits per heavy atom. The molecule has 1 saturated heterocycles. The molecule has 1 aliphatic carbocycles. The first-order valence-corrected chi connectivity index (χ1v) is 14.7. The highest BCUT2D eigenvalue weighted by atomic mass is 19.1. The van der Waals surface area contributed by atoms with E-state index in [2.05, 4.69) is 27.2 Å². The Labute approximate surface area is 237 Å². The lowest BCUT2D eigenvalue weighted by molar-refractivity contribution is 0.0594.